The number of benzene rings is 1. The Hall–Kier alpha value is -1.03. The molecule has 0 radical (unpaired) electrons. The van der Waals surface area contributed by atoms with Gasteiger partial charge in [0, 0.05) is 11.5 Å². The molecule has 3 nitrogen and oxygen atoms in total. The molecule has 0 spiro atoms. The van der Waals surface area contributed by atoms with Crippen molar-refractivity contribution in [3.05, 3.63) is 28.7 Å². The molecule has 70 valence electrons. The van der Waals surface area contributed by atoms with E-state index in [2.05, 4.69) is 15.9 Å². The van der Waals surface area contributed by atoms with E-state index in [1.807, 2.05) is 31.3 Å². The van der Waals surface area contributed by atoms with Crippen LogP contribution < -0.4 is 10.6 Å². The summed E-state index contributed by atoms with van der Waals surface area (Å²) >= 11 is 3.39. The number of rotatable bonds is 3. The molecule has 0 aliphatic heterocycles. The molecular formula is C9H11BrN2O. The molecule has 1 aromatic carbocycles. The van der Waals surface area contributed by atoms with E-state index in [1.165, 1.54) is 0 Å². The Morgan fingerprint density at radius 2 is 2.15 bits per heavy atom. The Morgan fingerprint density at radius 3 is 2.69 bits per heavy atom. The largest absolute Gasteiger partial charge is 0.368 e. The zero-order chi connectivity index (χ0) is 9.84. The van der Waals surface area contributed by atoms with Crippen molar-refractivity contribution < 1.29 is 4.79 Å². The van der Waals surface area contributed by atoms with Gasteiger partial charge in [0.2, 0.25) is 5.91 Å². The van der Waals surface area contributed by atoms with Gasteiger partial charge in [-0.1, -0.05) is 12.1 Å². The number of carbonyl (C=O) groups excluding carboxylic acids is 1. The summed E-state index contributed by atoms with van der Waals surface area (Å²) in [6.07, 6.45) is 0. The minimum absolute atomic E-state index is 0.225. The van der Waals surface area contributed by atoms with Crippen molar-refractivity contribution in [3.8, 4) is 0 Å². The molecule has 1 rings (SSSR count). The highest BCUT2D eigenvalue weighted by molar-refractivity contribution is 9.10. The third-order valence-corrected chi connectivity index (χ3v) is 2.33. The first-order chi connectivity index (χ1) is 6.11. The average Bonchev–Trinajstić information content (AvgIpc) is 2.03. The summed E-state index contributed by atoms with van der Waals surface area (Å²) in [6, 6.07) is 7.68. The molecule has 4 heteroatoms. The van der Waals surface area contributed by atoms with Gasteiger partial charge < -0.3 is 10.6 Å². The van der Waals surface area contributed by atoms with Gasteiger partial charge >= 0.3 is 0 Å². The molecule has 0 saturated carbocycles. The third-order valence-electron chi connectivity index (χ3n) is 1.66. The number of likely N-dealkylation sites (N-methyl/N-ethyl adjacent to an activating group) is 1. The molecular weight excluding hydrogens is 232 g/mol. The van der Waals surface area contributed by atoms with Crippen LogP contribution in [0.4, 0.5) is 5.69 Å². The number of para-hydroxylation sites is 1. The van der Waals surface area contributed by atoms with Crippen LogP contribution >= 0.6 is 15.9 Å². The fourth-order valence-corrected chi connectivity index (χ4v) is 1.67. The predicted molar refractivity (Wildman–Crippen MR) is 56.6 cm³/mol. The lowest BCUT2D eigenvalue weighted by molar-refractivity contribution is -0.116. The summed E-state index contributed by atoms with van der Waals surface area (Å²) in [5.74, 6) is -0.335. The lowest BCUT2D eigenvalue weighted by Crippen LogP contribution is -2.30. The minimum atomic E-state index is -0.335. The van der Waals surface area contributed by atoms with Crippen molar-refractivity contribution in [2.45, 2.75) is 0 Å². The van der Waals surface area contributed by atoms with Crippen molar-refractivity contribution in [1.29, 1.82) is 0 Å². The Labute approximate surface area is 85.7 Å². The molecule has 0 heterocycles. The van der Waals surface area contributed by atoms with Crippen molar-refractivity contribution in [2.24, 2.45) is 5.73 Å². The molecule has 2 N–H and O–H groups in total. The fourth-order valence-electron chi connectivity index (χ4n) is 1.08. The highest BCUT2D eigenvalue weighted by Gasteiger charge is 2.06. The standard InChI is InChI=1S/C9H11BrN2O/c1-12(6-9(11)13)8-5-3-2-4-7(8)10/h2-5H,6H2,1H3,(H2,11,13). The van der Waals surface area contributed by atoms with Crippen molar-refractivity contribution in [3.63, 3.8) is 0 Å². The van der Waals surface area contributed by atoms with Crippen LogP contribution in [0.25, 0.3) is 0 Å². The maximum absolute atomic E-state index is 10.7. The number of carbonyl (C=O) groups is 1. The van der Waals surface area contributed by atoms with E-state index in [4.69, 9.17) is 5.73 Å². The van der Waals surface area contributed by atoms with Gasteiger partial charge in [0.05, 0.1) is 12.2 Å². The smallest absolute Gasteiger partial charge is 0.236 e. The lowest BCUT2D eigenvalue weighted by Gasteiger charge is -2.18. The van der Waals surface area contributed by atoms with Crippen LogP contribution in [-0.2, 0) is 4.79 Å². The molecule has 1 aromatic rings. The number of hydrogen-bond acceptors (Lipinski definition) is 2. The number of halogens is 1. The molecule has 0 unspecified atom stereocenters. The summed E-state index contributed by atoms with van der Waals surface area (Å²) in [5, 5.41) is 0. The summed E-state index contributed by atoms with van der Waals surface area (Å²) in [7, 11) is 1.82. The van der Waals surface area contributed by atoms with Crippen LogP contribution in [0, 0.1) is 0 Å². The van der Waals surface area contributed by atoms with E-state index in [9.17, 15) is 4.79 Å². The summed E-state index contributed by atoms with van der Waals surface area (Å²) in [5.41, 5.74) is 6.04. The van der Waals surface area contributed by atoms with Gasteiger partial charge in [0.15, 0.2) is 0 Å². The number of hydrogen-bond donors (Lipinski definition) is 1. The second-order valence-corrected chi connectivity index (χ2v) is 3.63. The molecule has 1 amide bonds. The Morgan fingerprint density at radius 1 is 1.54 bits per heavy atom. The highest BCUT2D eigenvalue weighted by Crippen LogP contribution is 2.23. The van der Waals surface area contributed by atoms with Crippen molar-refractivity contribution in [2.75, 3.05) is 18.5 Å². The zero-order valence-electron chi connectivity index (χ0n) is 7.33. The predicted octanol–water partition coefficient (Wildman–Crippen LogP) is 1.37. The molecule has 13 heavy (non-hydrogen) atoms. The Balaban J connectivity index is 2.82. The quantitative estimate of drug-likeness (QED) is 0.871. The van der Waals surface area contributed by atoms with Crippen LogP contribution in [0.15, 0.2) is 28.7 Å². The fraction of sp³-hybridized carbons (Fsp3) is 0.222. The van der Waals surface area contributed by atoms with Crippen LogP contribution in [0.1, 0.15) is 0 Å². The summed E-state index contributed by atoms with van der Waals surface area (Å²) in [4.78, 5) is 12.5. The molecule has 0 fully saturated rings. The normalized spacial score (nSPS) is 9.69. The highest BCUT2D eigenvalue weighted by atomic mass is 79.9. The van der Waals surface area contributed by atoms with Crippen LogP contribution in [-0.4, -0.2) is 19.5 Å². The van der Waals surface area contributed by atoms with E-state index in [1.54, 1.807) is 4.90 Å². The Kier molecular flexibility index (Phi) is 3.31. The van der Waals surface area contributed by atoms with E-state index >= 15 is 0 Å². The van der Waals surface area contributed by atoms with E-state index < -0.39 is 0 Å². The van der Waals surface area contributed by atoms with E-state index in [0.29, 0.717) is 0 Å². The van der Waals surface area contributed by atoms with Gasteiger partial charge in [-0.2, -0.15) is 0 Å². The van der Waals surface area contributed by atoms with Crippen LogP contribution in [0.2, 0.25) is 0 Å². The van der Waals surface area contributed by atoms with Gasteiger partial charge in [-0.15, -0.1) is 0 Å². The van der Waals surface area contributed by atoms with Crippen LogP contribution in [0.3, 0.4) is 0 Å². The second kappa shape index (κ2) is 4.28. The average molecular weight is 243 g/mol. The minimum Gasteiger partial charge on any atom is -0.368 e. The van der Waals surface area contributed by atoms with Gasteiger partial charge in [-0.3, -0.25) is 4.79 Å². The van der Waals surface area contributed by atoms with Gasteiger partial charge in [0.1, 0.15) is 0 Å². The third kappa shape index (κ3) is 2.73. The number of nitrogens with two attached hydrogens (primary N) is 1. The van der Waals surface area contributed by atoms with E-state index in [-0.39, 0.29) is 12.5 Å². The first-order valence-corrected chi connectivity index (χ1v) is 4.64. The molecule has 0 aliphatic rings. The molecule has 0 bridgehead atoms. The van der Waals surface area contributed by atoms with E-state index in [0.717, 1.165) is 10.2 Å². The summed E-state index contributed by atoms with van der Waals surface area (Å²) < 4.78 is 0.957. The molecule has 0 saturated heterocycles. The zero-order valence-corrected chi connectivity index (χ0v) is 8.91. The topological polar surface area (TPSA) is 46.3 Å². The molecule has 0 atom stereocenters. The first kappa shape index (κ1) is 10.1. The molecule has 0 aromatic heterocycles. The monoisotopic (exact) mass is 242 g/mol. The van der Waals surface area contributed by atoms with Gasteiger partial charge in [-0.05, 0) is 28.1 Å². The second-order valence-electron chi connectivity index (χ2n) is 2.77. The van der Waals surface area contributed by atoms with Crippen molar-refractivity contribution >= 4 is 27.5 Å². The number of anilines is 1. The van der Waals surface area contributed by atoms with Crippen molar-refractivity contribution in [1.82, 2.24) is 0 Å². The number of nitrogens with zero attached hydrogens (tertiary/aromatic N) is 1. The maximum atomic E-state index is 10.7. The van der Waals surface area contributed by atoms with Gasteiger partial charge in [0.25, 0.3) is 0 Å². The first-order valence-electron chi connectivity index (χ1n) is 3.85. The van der Waals surface area contributed by atoms with Crippen LogP contribution in [0.5, 0.6) is 0 Å². The van der Waals surface area contributed by atoms with Gasteiger partial charge in [-0.25, -0.2) is 0 Å². The lowest BCUT2D eigenvalue weighted by atomic mass is 10.3. The maximum Gasteiger partial charge on any atom is 0.236 e. The number of primary amides is 1. The summed E-state index contributed by atoms with van der Waals surface area (Å²) in [6.45, 7) is 0.225. The Bertz CT molecular complexity index is 314. The SMILES string of the molecule is CN(CC(N)=O)c1ccccc1Br. The molecule has 0 aliphatic carbocycles. The number of amides is 1.